The van der Waals surface area contributed by atoms with Gasteiger partial charge in [-0.15, -0.1) is 0 Å². The van der Waals surface area contributed by atoms with Gasteiger partial charge in [0.15, 0.2) is 0 Å². The lowest BCUT2D eigenvalue weighted by Crippen LogP contribution is -2.39. The first-order valence-corrected chi connectivity index (χ1v) is 6.85. The van der Waals surface area contributed by atoms with E-state index in [1.165, 1.54) is 11.1 Å². The van der Waals surface area contributed by atoms with Gasteiger partial charge < -0.3 is 10.1 Å². The van der Waals surface area contributed by atoms with Gasteiger partial charge in [0.1, 0.15) is 0 Å². The zero-order valence-corrected chi connectivity index (χ0v) is 12.3. The van der Waals surface area contributed by atoms with Gasteiger partial charge in [0.25, 0.3) is 0 Å². The molecule has 0 amide bonds. The smallest absolute Gasteiger partial charge is 0.0613 e. The average molecular weight is 268 g/mol. The molecule has 0 fully saturated rings. The minimum Gasteiger partial charge on any atom is -0.383 e. The molecule has 1 aromatic rings. The van der Waals surface area contributed by atoms with Gasteiger partial charge in [-0.25, -0.2) is 0 Å². The van der Waals surface area contributed by atoms with Gasteiger partial charge in [0.2, 0.25) is 0 Å². The molecule has 2 nitrogen and oxygen atoms in total. The molecule has 2 atom stereocenters. The Kier molecular flexibility index (Phi) is 4.00. The third-order valence-electron chi connectivity index (χ3n) is 3.71. The van der Waals surface area contributed by atoms with E-state index in [9.17, 15) is 0 Å². The Morgan fingerprint density at radius 1 is 1.50 bits per heavy atom. The standard InChI is InChI=1S/C15H22ClNO/c1-10(9-18-4)17-14-13-7-12(16)6-5-11(13)8-15(14,2)3/h5-7,10,14,17H,8-9H2,1-4H3. The highest BCUT2D eigenvalue weighted by atomic mass is 35.5. The molecule has 0 heterocycles. The topological polar surface area (TPSA) is 21.3 Å². The number of fused-ring (bicyclic) bond motifs is 1. The molecular formula is C15H22ClNO. The second-order valence-electron chi connectivity index (χ2n) is 5.96. The molecule has 1 aliphatic rings. The maximum atomic E-state index is 6.13. The van der Waals surface area contributed by atoms with Crippen LogP contribution in [0.2, 0.25) is 5.02 Å². The Morgan fingerprint density at radius 3 is 2.89 bits per heavy atom. The van der Waals surface area contributed by atoms with Crippen molar-refractivity contribution in [2.75, 3.05) is 13.7 Å². The van der Waals surface area contributed by atoms with Gasteiger partial charge in [0, 0.05) is 24.2 Å². The fourth-order valence-electron chi connectivity index (χ4n) is 2.91. The predicted molar refractivity (Wildman–Crippen MR) is 76.2 cm³/mol. The normalized spacial score (nSPS) is 22.8. The minimum absolute atomic E-state index is 0.217. The molecule has 0 bridgehead atoms. The van der Waals surface area contributed by atoms with E-state index in [1.54, 1.807) is 7.11 Å². The van der Waals surface area contributed by atoms with Crippen LogP contribution in [0.4, 0.5) is 0 Å². The van der Waals surface area contributed by atoms with Crippen molar-refractivity contribution >= 4 is 11.6 Å². The van der Waals surface area contributed by atoms with Crippen molar-refractivity contribution in [1.29, 1.82) is 0 Å². The number of benzene rings is 1. The Hall–Kier alpha value is -0.570. The summed E-state index contributed by atoms with van der Waals surface area (Å²) in [5.74, 6) is 0. The van der Waals surface area contributed by atoms with Crippen molar-refractivity contribution in [3.8, 4) is 0 Å². The number of hydrogen-bond acceptors (Lipinski definition) is 2. The zero-order valence-electron chi connectivity index (χ0n) is 11.6. The average Bonchev–Trinajstić information content (AvgIpc) is 2.51. The quantitative estimate of drug-likeness (QED) is 0.900. The molecule has 1 aromatic carbocycles. The van der Waals surface area contributed by atoms with Crippen molar-refractivity contribution in [1.82, 2.24) is 5.32 Å². The summed E-state index contributed by atoms with van der Waals surface area (Å²) in [5, 5.41) is 4.49. The summed E-state index contributed by atoms with van der Waals surface area (Å²) in [4.78, 5) is 0. The van der Waals surface area contributed by atoms with Gasteiger partial charge in [-0.1, -0.05) is 31.5 Å². The zero-order chi connectivity index (χ0) is 13.3. The predicted octanol–water partition coefficient (Wildman–Crippen LogP) is 3.59. The summed E-state index contributed by atoms with van der Waals surface area (Å²) in [5.41, 5.74) is 2.97. The third-order valence-corrected chi connectivity index (χ3v) is 3.95. The highest BCUT2D eigenvalue weighted by molar-refractivity contribution is 6.30. The van der Waals surface area contributed by atoms with E-state index < -0.39 is 0 Å². The Morgan fingerprint density at radius 2 is 2.22 bits per heavy atom. The van der Waals surface area contributed by atoms with Crippen molar-refractivity contribution in [3.05, 3.63) is 34.3 Å². The van der Waals surface area contributed by atoms with Crippen molar-refractivity contribution in [2.45, 2.75) is 39.3 Å². The molecule has 18 heavy (non-hydrogen) atoms. The van der Waals surface area contributed by atoms with Crippen molar-refractivity contribution in [2.24, 2.45) is 5.41 Å². The van der Waals surface area contributed by atoms with E-state index in [0.29, 0.717) is 12.1 Å². The van der Waals surface area contributed by atoms with Crippen LogP contribution in [-0.4, -0.2) is 19.8 Å². The van der Waals surface area contributed by atoms with Crippen LogP contribution in [0.5, 0.6) is 0 Å². The second kappa shape index (κ2) is 5.20. The van der Waals surface area contributed by atoms with Crippen LogP contribution in [0.15, 0.2) is 18.2 Å². The Balaban J connectivity index is 2.25. The first kappa shape index (κ1) is 13.9. The highest BCUT2D eigenvalue weighted by Crippen LogP contribution is 2.46. The van der Waals surface area contributed by atoms with Crippen LogP contribution < -0.4 is 5.32 Å². The largest absolute Gasteiger partial charge is 0.383 e. The molecule has 2 unspecified atom stereocenters. The third kappa shape index (κ3) is 2.71. The molecule has 0 saturated heterocycles. The molecule has 0 saturated carbocycles. The summed E-state index contributed by atoms with van der Waals surface area (Å²) >= 11 is 6.13. The van der Waals surface area contributed by atoms with Gasteiger partial charge in [0.05, 0.1) is 6.61 Å². The van der Waals surface area contributed by atoms with Crippen LogP contribution in [0, 0.1) is 5.41 Å². The van der Waals surface area contributed by atoms with Crippen LogP contribution in [-0.2, 0) is 11.2 Å². The fraction of sp³-hybridized carbons (Fsp3) is 0.600. The van der Waals surface area contributed by atoms with Crippen LogP contribution in [0.25, 0.3) is 0 Å². The van der Waals surface area contributed by atoms with Gasteiger partial charge in [-0.2, -0.15) is 0 Å². The molecule has 0 radical (unpaired) electrons. The van der Waals surface area contributed by atoms with E-state index in [2.05, 4.69) is 38.2 Å². The first-order valence-electron chi connectivity index (χ1n) is 6.47. The molecule has 0 spiro atoms. The molecule has 3 heteroatoms. The van der Waals surface area contributed by atoms with E-state index in [0.717, 1.165) is 18.1 Å². The molecular weight excluding hydrogens is 246 g/mol. The minimum atomic E-state index is 0.217. The number of nitrogens with one attached hydrogen (secondary N) is 1. The summed E-state index contributed by atoms with van der Waals surface area (Å²) in [6.45, 7) is 7.49. The molecule has 1 aliphatic carbocycles. The Labute approximate surface area is 115 Å². The van der Waals surface area contributed by atoms with E-state index in [4.69, 9.17) is 16.3 Å². The Bertz CT molecular complexity index is 431. The lowest BCUT2D eigenvalue weighted by molar-refractivity contribution is 0.150. The van der Waals surface area contributed by atoms with E-state index >= 15 is 0 Å². The SMILES string of the molecule is COCC(C)NC1c2cc(Cl)ccc2CC1(C)C. The molecule has 0 aliphatic heterocycles. The van der Waals surface area contributed by atoms with Crippen molar-refractivity contribution < 1.29 is 4.74 Å². The van der Waals surface area contributed by atoms with Crippen LogP contribution in [0.3, 0.4) is 0 Å². The molecule has 100 valence electrons. The monoisotopic (exact) mass is 267 g/mol. The fourth-order valence-corrected chi connectivity index (χ4v) is 3.09. The molecule has 1 N–H and O–H groups in total. The van der Waals surface area contributed by atoms with Crippen LogP contribution in [0.1, 0.15) is 37.9 Å². The van der Waals surface area contributed by atoms with E-state index in [1.807, 2.05) is 6.07 Å². The maximum absolute atomic E-state index is 6.13. The summed E-state index contributed by atoms with van der Waals surface area (Å²) < 4.78 is 5.21. The number of halogens is 1. The second-order valence-corrected chi connectivity index (χ2v) is 6.40. The van der Waals surface area contributed by atoms with Gasteiger partial charge >= 0.3 is 0 Å². The summed E-state index contributed by atoms with van der Waals surface area (Å²) in [6, 6.07) is 6.92. The van der Waals surface area contributed by atoms with Crippen LogP contribution >= 0.6 is 11.6 Å². The number of ether oxygens (including phenoxy) is 1. The lowest BCUT2D eigenvalue weighted by atomic mass is 9.85. The lowest BCUT2D eigenvalue weighted by Gasteiger charge is -2.31. The number of methoxy groups -OCH3 is 1. The molecule has 2 rings (SSSR count). The van der Waals surface area contributed by atoms with Gasteiger partial charge in [-0.3, -0.25) is 0 Å². The summed E-state index contributed by atoms with van der Waals surface area (Å²) in [6.07, 6.45) is 1.09. The highest BCUT2D eigenvalue weighted by Gasteiger charge is 2.39. The maximum Gasteiger partial charge on any atom is 0.0613 e. The number of hydrogen-bond donors (Lipinski definition) is 1. The van der Waals surface area contributed by atoms with Crippen molar-refractivity contribution in [3.63, 3.8) is 0 Å². The van der Waals surface area contributed by atoms with Gasteiger partial charge in [-0.05, 0) is 42.0 Å². The summed E-state index contributed by atoms with van der Waals surface area (Å²) in [7, 11) is 1.74. The first-order chi connectivity index (χ1) is 8.44. The molecule has 0 aromatic heterocycles. The van der Waals surface area contributed by atoms with E-state index in [-0.39, 0.29) is 5.41 Å². The number of rotatable bonds is 4.